The van der Waals surface area contributed by atoms with Gasteiger partial charge in [0.25, 0.3) is 0 Å². The molecule has 0 saturated carbocycles. The Kier molecular flexibility index (Phi) is 5.66. The van der Waals surface area contributed by atoms with Gasteiger partial charge in [-0.05, 0) is 24.0 Å². The summed E-state index contributed by atoms with van der Waals surface area (Å²) in [5.74, 6) is -0.156. The minimum atomic E-state index is -0.493. The summed E-state index contributed by atoms with van der Waals surface area (Å²) in [4.78, 5) is 11.6. The van der Waals surface area contributed by atoms with Crippen LogP contribution in [0.4, 0.5) is 5.69 Å². The van der Waals surface area contributed by atoms with Crippen LogP contribution in [0.15, 0.2) is 24.3 Å². The third kappa shape index (κ3) is 4.36. The second kappa shape index (κ2) is 6.03. The first-order valence-electron chi connectivity index (χ1n) is 5.48. The lowest BCUT2D eigenvalue weighted by Gasteiger charge is -2.23. The molecule has 1 aromatic rings. The first-order chi connectivity index (χ1) is 7.32. The quantitative estimate of drug-likeness (QED) is 0.855. The van der Waals surface area contributed by atoms with E-state index in [4.69, 9.17) is 5.73 Å². The fourth-order valence-corrected chi connectivity index (χ4v) is 1.49. The standard InChI is InChI=1S/C13H20N2O.ClH/c1-9(14)12(16)15-11-8-6-5-7-10(11)13(2,3)4;/h5-9H,14H2,1-4H3,(H,15,16);1H/t9-;/m0./s1. The van der Waals surface area contributed by atoms with Crippen LogP contribution in [-0.2, 0) is 10.2 Å². The molecule has 0 aliphatic rings. The first-order valence-corrected chi connectivity index (χ1v) is 5.48. The van der Waals surface area contributed by atoms with Crippen LogP contribution in [0.1, 0.15) is 33.3 Å². The van der Waals surface area contributed by atoms with Crippen molar-refractivity contribution in [1.29, 1.82) is 0 Å². The highest BCUT2D eigenvalue weighted by molar-refractivity contribution is 5.95. The minimum Gasteiger partial charge on any atom is -0.324 e. The van der Waals surface area contributed by atoms with Gasteiger partial charge < -0.3 is 11.1 Å². The molecule has 0 aromatic heterocycles. The molecule has 96 valence electrons. The monoisotopic (exact) mass is 256 g/mol. The number of nitrogens with one attached hydrogen (secondary N) is 1. The maximum absolute atomic E-state index is 11.6. The molecule has 1 rings (SSSR count). The molecule has 1 amide bonds. The fraction of sp³-hybridized carbons (Fsp3) is 0.462. The van der Waals surface area contributed by atoms with Crippen molar-refractivity contribution < 1.29 is 4.79 Å². The Morgan fingerprint density at radius 2 is 1.82 bits per heavy atom. The topological polar surface area (TPSA) is 55.1 Å². The molecular formula is C13H21ClN2O. The van der Waals surface area contributed by atoms with E-state index in [1.165, 1.54) is 0 Å². The third-order valence-corrected chi connectivity index (χ3v) is 2.41. The van der Waals surface area contributed by atoms with Gasteiger partial charge in [0.1, 0.15) is 0 Å². The molecule has 0 heterocycles. The van der Waals surface area contributed by atoms with Crippen LogP contribution < -0.4 is 11.1 Å². The summed E-state index contributed by atoms with van der Waals surface area (Å²) in [6.07, 6.45) is 0. The molecule has 1 atom stereocenters. The van der Waals surface area contributed by atoms with Crippen molar-refractivity contribution in [2.24, 2.45) is 5.73 Å². The van der Waals surface area contributed by atoms with Crippen LogP contribution in [0, 0.1) is 0 Å². The lowest BCUT2D eigenvalue weighted by Crippen LogP contribution is -2.33. The van der Waals surface area contributed by atoms with Gasteiger partial charge in [0, 0.05) is 5.69 Å². The predicted octanol–water partition coefficient (Wildman–Crippen LogP) is 2.69. The lowest BCUT2D eigenvalue weighted by atomic mass is 9.86. The van der Waals surface area contributed by atoms with E-state index in [9.17, 15) is 4.79 Å². The Hall–Kier alpha value is -1.06. The van der Waals surface area contributed by atoms with E-state index in [1.54, 1.807) is 6.92 Å². The summed E-state index contributed by atoms with van der Waals surface area (Å²) in [6.45, 7) is 8.02. The Bertz CT molecular complexity index is 383. The van der Waals surface area contributed by atoms with Crippen molar-refractivity contribution in [2.45, 2.75) is 39.2 Å². The number of amides is 1. The van der Waals surface area contributed by atoms with Crippen molar-refractivity contribution in [3.8, 4) is 0 Å². The maximum atomic E-state index is 11.6. The molecule has 4 heteroatoms. The number of carbonyl (C=O) groups is 1. The van der Waals surface area contributed by atoms with Crippen LogP contribution in [0.2, 0.25) is 0 Å². The third-order valence-electron chi connectivity index (χ3n) is 2.41. The largest absolute Gasteiger partial charge is 0.324 e. The Balaban J connectivity index is 0.00000256. The molecule has 0 saturated heterocycles. The summed E-state index contributed by atoms with van der Waals surface area (Å²) < 4.78 is 0. The average molecular weight is 257 g/mol. The van der Waals surface area contributed by atoms with Gasteiger partial charge >= 0.3 is 0 Å². The van der Waals surface area contributed by atoms with Gasteiger partial charge in [-0.1, -0.05) is 39.0 Å². The van der Waals surface area contributed by atoms with Crippen LogP contribution in [0.5, 0.6) is 0 Å². The van der Waals surface area contributed by atoms with Gasteiger partial charge in [-0.25, -0.2) is 0 Å². The fourth-order valence-electron chi connectivity index (χ4n) is 1.49. The molecule has 3 N–H and O–H groups in total. The van der Waals surface area contributed by atoms with E-state index >= 15 is 0 Å². The molecule has 0 aliphatic heterocycles. The summed E-state index contributed by atoms with van der Waals surface area (Å²) >= 11 is 0. The lowest BCUT2D eigenvalue weighted by molar-refractivity contribution is -0.117. The molecule has 0 spiro atoms. The van der Waals surface area contributed by atoms with E-state index in [1.807, 2.05) is 24.3 Å². The summed E-state index contributed by atoms with van der Waals surface area (Å²) in [7, 11) is 0. The number of nitrogens with two attached hydrogens (primary N) is 1. The number of hydrogen-bond donors (Lipinski definition) is 2. The van der Waals surface area contributed by atoms with Crippen molar-refractivity contribution in [2.75, 3.05) is 5.32 Å². The number of para-hydroxylation sites is 1. The van der Waals surface area contributed by atoms with Gasteiger partial charge in [-0.15, -0.1) is 12.4 Å². The number of benzene rings is 1. The number of rotatable bonds is 2. The Labute approximate surface area is 109 Å². The SMILES string of the molecule is C[C@H](N)C(=O)Nc1ccccc1C(C)(C)C.Cl. The molecule has 0 aliphatic carbocycles. The van der Waals surface area contributed by atoms with Gasteiger partial charge in [-0.3, -0.25) is 4.79 Å². The molecule has 17 heavy (non-hydrogen) atoms. The van der Waals surface area contributed by atoms with Crippen molar-refractivity contribution in [3.05, 3.63) is 29.8 Å². The van der Waals surface area contributed by atoms with E-state index in [-0.39, 0.29) is 23.7 Å². The second-order valence-corrected chi connectivity index (χ2v) is 5.07. The number of hydrogen-bond acceptors (Lipinski definition) is 2. The van der Waals surface area contributed by atoms with E-state index in [0.29, 0.717) is 0 Å². The molecule has 0 radical (unpaired) electrons. The predicted molar refractivity (Wildman–Crippen MR) is 74.7 cm³/mol. The molecule has 0 bridgehead atoms. The molecule has 3 nitrogen and oxygen atoms in total. The van der Waals surface area contributed by atoms with Gasteiger partial charge in [0.15, 0.2) is 0 Å². The smallest absolute Gasteiger partial charge is 0.241 e. The zero-order valence-corrected chi connectivity index (χ0v) is 11.6. The highest BCUT2D eigenvalue weighted by atomic mass is 35.5. The zero-order chi connectivity index (χ0) is 12.3. The highest BCUT2D eigenvalue weighted by Crippen LogP contribution is 2.29. The molecule has 0 unspecified atom stereocenters. The van der Waals surface area contributed by atoms with Crippen LogP contribution in [-0.4, -0.2) is 11.9 Å². The van der Waals surface area contributed by atoms with Crippen LogP contribution in [0.3, 0.4) is 0 Å². The molecule has 1 aromatic carbocycles. The summed E-state index contributed by atoms with van der Waals surface area (Å²) in [5, 5.41) is 2.85. The van der Waals surface area contributed by atoms with Gasteiger partial charge in [0.2, 0.25) is 5.91 Å². The van der Waals surface area contributed by atoms with Crippen molar-refractivity contribution in [1.82, 2.24) is 0 Å². The maximum Gasteiger partial charge on any atom is 0.241 e. The summed E-state index contributed by atoms with van der Waals surface area (Å²) in [5.41, 5.74) is 7.49. The number of carbonyl (C=O) groups excluding carboxylic acids is 1. The van der Waals surface area contributed by atoms with Crippen LogP contribution >= 0.6 is 12.4 Å². The zero-order valence-electron chi connectivity index (χ0n) is 10.8. The van der Waals surface area contributed by atoms with E-state index in [0.717, 1.165) is 11.3 Å². The summed E-state index contributed by atoms with van der Waals surface area (Å²) in [6, 6.07) is 7.32. The van der Waals surface area contributed by atoms with Gasteiger partial charge in [-0.2, -0.15) is 0 Å². The second-order valence-electron chi connectivity index (χ2n) is 5.07. The average Bonchev–Trinajstić information content (AvgIpc) is 2.16. The van der Waals surface area contributed by atoms with E-state index < -0.39 is 6.04 Å². The molecular weight excluding hydrogens is 236 g/mol. The first kappa shape index (κ1) is 15.9. The van der Waals surface area contributed by atoms with Crippen LogP contribution in [0.25, 0.3) is 0 Å². The van der Waals surface area contributed by atoms with Gasteiger partial charge in [0.05, 0.1) is 6.04 Å². The van der Waals surface area contributed by atoms with Crippen molar-refractivity contribution >= 4 is 24.0 Å². The number of anilines is 1. The minimum absolute atomic E-state index is 0. The number of halogens is 1. The normalized spacial score (nSPS) is 12.5. The van der Waals surface area contributed by atoms with Crippen molar-refractivity contribution in [3.63, 3.8) is 0 Å². The Morgan fingerprint density at radius 3 is 2.29 bits per heavy atom. The van der Waals surface area contributed by atoms with E-state index in [2.05, 4.69) is 26.1 Å². The highest BCUT2D eigenvalue weighted by Gasteiger charge is 2.19. The Morgan fingerprint density at radius 1 is 1.29 bits per heavy atom. The molecule has 0 fully saturated rings.